The molecule has 2 amide bonds. The average molecular weight is 305 g/mol. The summed E-state index contributed by atoms with van der Waals surface area (Å²) in [6, 6.07) is -1.37. The topological polar surface area (TPSA) is 100 Å². The first-order chi connectivity index (χ1) is 10.0. The number of nitrogens with zero attached hydrogens (tertiary/aromatic N) is 1. The number of hydrogen-bond donors (Lipinski definition) is 3. The highest BCUT2D eigenvalue weighted by atomic mass is 16.5. The molecule has 124 valence electrons. The van der Waals surface area contributed by atoms with Crippen LogP contribution in [0.15, 0.2) is 0 Å². The number of carbonyl (C=O) groups excluding carboxylic acids is 1. The van der Waals surface area contributed by atoms with Crippen molar-refractivity contribution in [1.29, 1.82) is 0 Å². The fourth-order valence-corrected chi connectivity index (χ4v) is 1.62. The monoisotopic (exact) mass is 305 g/mol. The van der Waals surface area contributed by atoms with Gasteiger partial charge < -0.3 is 30.1 Å². The van der Waals surface area contributed by atoms with Gasteiger partial charge in [-0.1, -0.05) is 0 Å². The van der Waals surface area contributed by atoms with Crippen LogP contribution in [0.25, 0.3) is 0 Å². The minimum atomic E-state index is -1.04. The molecule has 21 heavy (non-hydrogen) atoms. The minimum absolute atomic E-state index is 0.338. The predicted molar refractivity (Wildman–Crippen MR) is 78.4 cm³/mol. The first kappa shape index (κ1) is 19.6. The zero-order chi connectivity index (χ0) is 16.1. The fraction of sp³-hybridized carbons (Fsp3) is 0.846. The molecule has 0 bridgehead atoms. The number of likely N-dealkylation sites (N-methyl/N-ethyl adjacent to an activating group) is 1. The lowest BCUT2D eigenvalue weighted by atomic mass is 10.1. The average Bonchev–Trinajstić information content (AvgIpc) is 2.44. The molecule has 0 aromatic rings. The number of ether oxygens (including phenoxy) is 2. The summed E-state index contributed by atoms with van der Waals surface area (Å²) in [7, 11) is 5.11. The van der Waals surface area contributed by atoms with Crippen molar-refractivity contribution in [2.75, 3.05) is 54.1 Å². The molecule has 0 aliphatic carbocycles. The van der Waals surface area contributed by atoms with Crippen LogP contribution in [0.2, 0.25) is 0 Å². The summed E-state index contributed by atoms with van der Waals surface area (Å²) >= 11 is 0. The van der Waals surface area contributed by atoms with E-state index in [1.807, 2.05) is 11.9 Å². The summed E-state index contributed by atoms with van der Waals surface area (Å²) in [6.07, 6.45) is 0.915. The second kappa shape index (κ2) is 12.4. The van der Waals surface area contributed by atoms with Gasteiger partial charge in [0.15, 0.2) is 0 Å². The van der Waals surface area contributed by atoms with Gasteiger partial charge in [-0.05, 0) is 19.9 Å². The van der Waals surface area contributed by atoms with Crippen LogP contribution in [0.1, 0.15) is 12.8 Å². The van der Waals surface area contributed by atoms with Gasteiger partial charge in [0.2, 0.25) is 0 Å². The molecule has 1 atom stereocenters. The van der Waals surface area contributed by atoms with Crippen molar-refractivity contribution in [3.05, 3.63) is 0 Å². The van der Waals surface area contributed by atoms with Crippen LogP contribution < -0.4 is 10.6 Å². The number of hydrogen-bond acceptors (Lipinski definition) is 5. The molecule has 0 saturated heterocycles. The van der Waals surface area contributed by atoms with E-state index < -0.39 is 18.0 Å². The summed E-state index contributed by atoms with van der Waals surface area (Å²) in [6.45, 7) is 2.98. The highest BCUT2D eigenvalue weighted by Crippen LogP contribution is 1.98. The minimum Gasteiger partial charge on any atom is -0.480 e. The van der Waals surface area contributed by atoms with E-state index in [1.165, 1.54) is 0 Å². The molecule has 8 heteroatoms. The molecular formula is C13H27N3O5. The Morgan fingerprint density at radius 2 is 1.86 bits per heavy atom. The summed E-state index contributed by atoms with van der Waals surface area (Å²) in [5.41, 5.74) is 0. The SMILES string of the molecule is COCCCC(NC(=O)NCCN(C)CCOC)C(=O)O. The molecule has 0 aromatic carbocycles. The van der Waals surface area contributed by atoms with Gasteiger partial charge in [0.25, 0.3) is 0 Å². The highest BCUT2D eigenvalue weighted by Gasteiger charge is 2.19. The number of nitrogens with one attached hydrogen (secondary N) is 2. The van der Waals surface area contributed by atoms with Crippen LogP contribution in [0.3, 0.4) is 0 Å². The molecule has 0 radical (unpaired) electrons. The van der Waals surface area contributed by atoms with E-state index in [4.69, 9.17) is 14.6 Å². The second-order valence-electron chi connectivity index (χ2n) is 4.72. The summed E-state index contributed by atoms with van der Waals surface area (Å²) < 4.78 is 9.81. The van der Waals surface area contributed by atoms with Gasteiger partial charge in [-0.25, -0.2) is 9.59 Å². The van der Waals surface area contributed by atoms with Crippen molar-refractivity contribution in [1.82, 2.24) is 15.5 Å². The van der Waals surface area contributed by atoms with E-state index in [-0.39, 0.29) is 0 Å². The van der Waals surface area contributed by atoms with Gasteiger partial charge in [0.05, 0.1) is 6.61 Å². The Morgan fingerprint density at radius 3 is 2.43 bits per heavy atom. The zero-order valence-electron chi connectivity index (χ0n) is 13.1. The third-order valence-electron chi connectivity index (χ3n) is 2.90. The number of methoxy groups -OCH3 is 2. The first-order valence-electron chi connectivity index (χ1n) is 6.94. The number of aliphatic carboxylic acids is 1. The van der Waals surface area contributed by atoms with Crippen molar-refractivity contribution in [3.8, 4) is 0 Å². The Morgan fingerprint density at radius 1 is 1.19 bits per heavy atom. The predicted octanol–water partition coefficient (Wildman–Crippen LogP) is -0.256. The van der Waals surface area contributed by atoms with Gasteiger partial charge in [0, 0.05) is 40.5 Å². The highest BCUT2D eigenvalue weighted by molar-refractivity contribution is 5.82. The van der Waals surface area contributed by atoms with Crippen LogP contribution >= 0.6 is 0 Å². The van der Waals surface area contributed by atoms with Gasteiger partial charge in [0.1, 0.15) is 6.04 Å². The molecule has 0 heterocycles. The summed E-state index contributed by atoms with van der Waals surface area (Å²) in [5, 5.41) is 14.1. The first-order valence-corrected chi connectivity index (χ1v) is 6.94. The maximum Gasteiger partial charge on any atom is 0.326 e. The maximum atomic E-state index is 11.6. The van der Waals surface area contributed by atoms with E-state index in [1.54, 1.807) is 14.2 Å². The van der Waals surface area contributed by atoms with Crippen molar-refractivity contribution >= 4 is 12.0 Å². The Hall–Kier alpha value is -1.38. The number of carboxylic acid groups (broad SMARTS) is 1. The summed E-state index contributed by atoms with van der Waals surface area (Å²) in [5.74, 6) is -1.04. The van der Waals surface area contributed by atoms with Crippen molar-refractivity contribution in [2.45, 2.75) is 18.9 Å². The van der Waals surface area contributed by atoms with E-state index in [9.17, 15) is 9.59 Å². The normalized spacial score (nSPS) is 12.2. The molecule has 0 aliphatic rings. The standard InChI is InChI=1S/C13H27N3O5/c1-16(8-10-21-3)7-6-14-13(19)15-11(12(17)18)5-4-9-20-2/h11H,4-10H2,1-3H3,(H,17,18)(H2,14,15,19). The molecule has 0 saturated carbocycles. The van der Waals surface area contributed by atoms with Crippen LogP contribution in [0.5, 0.6) is 0 Å². The largest absolute Gasteiger partial charge is 0.480 e. The van der Waals surface area contributed by atoms with Gasteiger partial charge in [-0.2, -0.15) is 0 Å². The third-order valence-corrected chi connectivity index (χ3v) is 2.90. The van der Waals surface area contributed by atoms with E-state index in [2.05, 4.69) is 10.6 Å². The fourth-order valence-electron chi connectivity index (χ4n) is 1.62. The molecule has 0 aromatic heterocycles. The third kappa shape index (κ3) is 11.0. The lowest BCUT2D eigenvalue weighted by molar-refractivity contribution is -0.139. The van der Waals surface area contributed by atoms with Crippen LogP contribution in [0.4, 0.5) is 4.79 Å². The Bertz CT molecular complexity index is 302. The van der Waals surface area contributed by atoms with E-state index in [0.29, 0.717) is 39.1 Å². The number of rotatable bonds is 12. The summed E-state index contributed by atoms with van der Waals surface area (Å²) in [4.78, 5) is 24.7. The molecule has 3 N–H and O–H groups in total. The molecule has 0 spiro atoms. The van der Waals surface area contributed by atoms with Gasteiger partial charge >= 0.3 is 12.0 Å². The number of carboxylic acids is 1. The zero-order valence-corrected chi connectivity index (χ0v) is 13.1. The second-order valence-corrected chi connectivity index (χ2v) is 4.72. The number of amides is 2. The lowest BCUT2D eigenvalue weighted by Gasteiger charge is -2.18. The number of urea groups is 1. The maximum absolute atomic E-state index is 11.6. The molecule has 1 unspecified atom stereocenters. The van der Waals surface area contributed by atoms with E-state index >= 15 is 0 Å². The van der Waals surface area contributed by atoms with Crippen LogP contribution in [-0.4, -0.2) is 82.2 Å². The Labute approximate surface area is 125 Å². The molecule has 0 aliphatic heterocycles. The van der Waals surface area contributed by atoms with E-state index in [0.717, 1.165) is 6.54 Å². The number of carbonyl (C=O) groups is 2. The van der Waals surface area contributed by atoms with Crippen molar-refractivity contribution in [2.24, 2.45) is 0 Å². The quantitative estimate of drug-likeness (QED) is 0.430. The molecule has 8 nitrogen and oxygen atoms in total. The molecular weight excluding hydrogens is 278 g/mol. The van der Waals surface area contributed by atoms with Gasteiger partial charge in [-0.15, -0.1) is 0 Å². The van der Waals surface area contributed by atoms with Crippen LogP contribution in [0, 0.1) is 0 Å². The van der Waals surface area contributed by atoms with Crippen molar-refractivity contribution in [3.63, 3.8) is 0 Å². The Balaban J connectivity index is 3.89. The molecule has 0 rings (SSSR count). The van der Waals surface area contributed by atoms with Crippen LogP contribution in [-0.2, 0) is 14.3 Å². The molecule has 0 fully saturated rings. The Kier molecular flexibility index (Phi) is 11.6. The smallest absolute Gasteiger partial charge is 0.326 e. The lowest BCUT2D eigenvalue weighted by Crippen LogP contribution is -2.47. The van der Waals surface area contributed by atoms with Crippen molar-refractivity contribution < 1.29 is 24.2 Å². The van der Waals surface area contributed by atoms with Gasteiger partial charge in [-0.3, -0.25) is 0 Å².